The van der Waals surface area contributed by atoms with Crippen LogP contribution in [0.25, 0.3) is 11.2 Å². The number of fused-ring (bicyclic) bond motifs is 1. The first kappa shape index (κ1) is 37.9. The fraction of sp³-hybridized carbons (Fsp3) is 0.178. The van der Waals surface area contributed by atoms with Gasteiger partial charge in [-0.15, -0.1) is 0 Å². The fourth-order valence-electron chi connectivity index (χ4n) is 7.14. The van der Waals surface area contributed by atoms with E-state index in [1.165, 1.54) is 17.2 Å². The summed E-state index contributed by atoms with van der Waals surface area (Å²) in [7, 11) is 3.18. The molecule has 12 nitrogen and oxygen atoms in total. The van der Waals surface area contributed by atoms with Crippen molar-refractivity contribution >= 4 is 28.9 Å². The van der Waals surface area contributed by atoms with E-state index in [0.717, 1.165) is 16.7 Å². The third-order valence-corrected chi connectivity index (χ3v) is 10.1. The van der Waals surface area contributed by atoms with Crippen LogP contribution in [0, 0.1) is 0 Å². The summed E-state index contributed by atoms with van der Waals surface area (Å²) in [6.07, 6.45) is -3.25. The molecule has 3 heterocycles. The summed E-state index contributed by atoms with van der Waals surface area (Å²) in [6.45, 7) is -0.239. The van der Waals surface area contributed by atoms with Gasteiger partial charge in [0.2, 0.25) is 0 Å². The molecule has 8 rings (SSSR count). The van der Waals surface area contributed by atoms with Gasteiger partial charge in [0.05, 0.1) is 32.7 Å². The van der Waals surface area contributed by atoms with Gasteiger partial charge in [0.15, 0.2) is 35.5 Å². The maximum Gasteiger partial charge on any atom is 0.338 e. The van der Waals surface area contributed by atoms with Crippen LogP contribution in [0.1, 0.15) is 43.6 Å². The molecule has 0 radical (unpaired) electrons. The number of aromatic nitrogens is 4. The highest BCUT2D eigenvalue weighted by Crippen LogP contribution is 2.44. The third-order valence-electron chi connectivity index (χ3n) is 10.1. The van der Waals surface area contributed by atoms with E-state index in [9.17, 15) is 9.59 Å². The standard InChI is InChI=1S/C45H38FN5O7/c1-54-34-22-18-32(19-23-34)45(31-16-10-5-11-17-31,33-20-24-35(55-2)25-21-33)56-26-36-39(58-44(53)30-14-8-4-9-15-30)37(46)43(57-36)51-28-49-38-40(47-27-48-41(38)51)50-42(52)29-12-6-3-7-13-29/h3-25,27-28,36-37,39,43H,26H2,1-2H3,(H,47,48,50,52). The Morgan fingerprint density at radius 2 is 1.28 bits per heavy atom. The molecular formula is C45H38FN5O7. The minimum absolute atomic E-state index is 0.129. The molecule has 0 saturated carbocycles. The zero-order valence-corrected chi connectivity index (χ0v) is 31.5. The van der Waals surface area contributed by atoms with Crippen molar-refractivity contribution in [2.45, 2.75) is 30.2 Å². The Labute approximate surface area is 333 Å². The summed E-state index contributed by atoms with van der Waals surface area (Å²) in [5, 5.41) is 2.77. The SMILES string of the molecule is COc1ccc(C(OCC2OC(n3cnc4c(NC(=O)c5ccccc5)ncnc43)C(F)C2OC(=O)c2ccccc2)(c2ccccc2)c2ccc(OC)cc2)cc1. The first-order valence-electron chi connectivity index (χ1n) is 18.5. The number of hydrogen-bond donors (Lipinski definition) is 1. The third kappa shape index (κ3) is 7.36. The highest BCUT2D eigenvalue weighted by molar-refractivity contribution is 6.06. The van der Waals surface area contributed by atoms with Crippen molar-refractivity contribution in [3.63, 3.8) is 0 Å². The first-order valence-corrected chi connectivity index (χ1v) is 18.5. The number of halogens is 1. The van der Waals surface area contributed by atoms with Crippen molar-refractivity contribution in [2.24, 2.45) is 0 Å². The van der Waals surface area contributed by atoms with Crippen molar-refractivity contribution < 1.29 is 37.7 Å². The number of carbonyl (C=O) groups excluding carboxylic acids is 2. The van der Waals surface area contributed by atoms with Crippen molar-refractivity contribution in [1.82, 2.24) is 19.5 Å². The molecule has 0 bridgehead atoms. The largest absolute Gasteiger partial charge is 0.497 e. The Hall–Kier alpha value is -6.96. The number of alkyl halides is 1. The summed E-state index contributed by atoms with van der Waals surface area (Å²) in [6, 6.07) is 41.6. The second-order valence-electron chi connectivity index (χ2n) is 13.4. The van der Waals surface area contributed by atoms with E-state index in [-0.39, 0.29) is 29.2 Å². The molecule has 1 aliphatic heterocycles. The number of methoxy groups -OCH3 is 2. The molecule has 13 heteroatoms. The number of ether oxygens (including phenoxy) is 5. The number of benzene rings is 5. The molecule has 7 aromatic rings. The molecule has 2 aromatic heterocycles. The van der Waals surface area contributed by atoms with Gasteiger partial charge in [-0.05, 0) is 65.2 Å². The molecule has 4 atom stereocenters. The number of esters is 1. The lowest BCUT2D eigenvalue weighted by Crippen LogP contribution is -2.41. The second-order valence-corrected chi connectivity index (χ2v) is 13.4. The lowest BCUT2D eigenvalue weighted by Gasteiger charge is -2.37. The number of rotatable bonds is 13. The zero-order chi connectivity index (χ0) is 40.1. The minimum atomic E-state index is -1.91. The van der Waals surface area contributed by atoms with Gasteiger partial charge in [-0.25, -0.2) is 24.1 Å². The van der Waals surface area contributed by atoms with Gasteiger partial charge >= 0.3 is 5.97 Å². The molecule has 1 fully saturated rings. The Morgan fingerprint density at radius 3 is 1.86 bits per heavy atom. The van der Waals surface area contributed by atoms with E-state index in [0.29, 0.717) is 17.1 Å². The summed E-state index contributed by atoms with van der Waals surface area (Å²) < 4.78 is 49.0. The van der Waals surface area contributed by atoms with Gasteiger partial charge in [-0.2, -0.15) is 0 Å². The van der Waals surface area contributed by atoms with Crippen molar-refractivity contribution in [3.8, 4) is 11.5 Å². The molecular weight excluding hydrogens is 742 g/mol. The van der Waals surface area contributed by atoms with Crippen LogP contribution >= 0.6 is 0 Å². The Balaban J connectivity index is 1.18. The number of amides is 1. The average molecular weight is 780 g/mol. The molecule has 5 aromatic carbocycles. The van der Waals surface area contributed by atoms with Crippen LogP contribution in [0.4, 0.5) is 10.2 Å². The van der Waals surface area contributed by atoms with Crippen LogP contribution in [-0.4, -0.2) is 70.6 Å². The molecule has 1 N–H and O–H groups in total. The van der Waals surface area contributed by atoms with E-state index in [2.05, 4.69) is 20.3 Å². The summed E-state index contributed by atoms with van der Waals surface area (Å²) in [5.74, 6) is 0.288. The van der Waals surface area contributed by atoms with Gasteiger partial charge in [0, 0.05) is 5.56 Å². The van der Waals surface area contributed by atoms with Crippen LogP contribution in [0.2, 0.25) is 0 Å². The second kappa shape index (κ2) is 16.6. The number of hydrogen-bond acceptors (Lipinski definition) is 10. The normalized spacial score (nSPS) is 17.8. The van der Waals surface area contributed by atoms with Gasteiger partial charge in [0.1, 0.15) is 29.5 Å². The Kier molecular flexibility index (Phi) is 10.9. The molecule has 4 unspecified atom stereocenters. The maximum absolute atomic E-state index is 17.1. The molecule has 58 heavy (non-hydrogen) atoms. The van der Waals surface area contributed by atoms with Crippen LogP contribution in [0.15, 0.2) is 152 Å². The van der Waals surface area contributed by atoms with Gasteiger partial charge in [0.25, 0.3) is 5.91 Å². The number of anilines is 1. The Morgan fingerprint density at radius 1 is 0.724 bits per heavy atom. The minimum Gasteiger partial charge on any atom is -0.497 e. The highest BCUT2D eigenvalue weighted by atomic mass is 19.1. The molecule has 292 valence electrons. The highest BCUT2D eigenvalue weighted by Gasteiger charge is 2.51. The van der Waals surface area contributed by atoms with Crippen molar-refractivity contribution in [1.29, 1.82) is 0 Å². The Bertz CT molecular complexity index is 2440. The number of nitrogens with zero attached hydrogens (tertiary/aromatic N) is 4. The van der Waals surface area contributed by atoms with E-state index >= 15 is 4.39 Å². The molecule has 0 spiro atoms. The van der Waals surface area contributed by atoms with E-state index in [1.807, 2.05) is 78.9 Å². The van der Waals surface area contributed by atoms with E-state index in [1.54, 1.807) is 74.9 Å². The monoisotopic (exact) mass is 779 g/mol. The fourth-order valence-corrected chi connectivity index (χ4v) is 7.14. The van der Waals surface area contributed by atoms with E-state index in [4.69, 9.17) is 23.7 Å². The summed E-state index contributed by atoms with van der Waals surface area (Å²) in [4.78, 5) is 39.7. The van der Waals surface area contributed by atoms with Gasteiger partial charge in [-0.1, -0.05) is 91.0 Å². The smallest absolute Gasteiger partial charge is 0.338 e. The average Bonchev–Trinajstić information content (AvgIpc) is 3.85. The first-order chi connectivity index (χ1) is 28.4. The van der Waals surface area contributed by atoms with Crippen molar-refractivity contribution in [3.05, 3.63) is 180 Å². The lowest BCUT2D eigenvalue weighted by molar-refractivity contribution is -0.0957. The van der Waals surface area contributed by atoms with Crippen LogP contribution in [0.5, 0.6) is 11.5 Å². The topological polar surface area (TPSA) is 136 Å². The van der Waals surface area contributed by atoms with Crippen molar-refractivity contribution in [2.75, 3.05) is 26.1 Å². The summed E-state index contributed by atoms with van der Waals surface area (Å²) >= 11 is 0. The number of carbonyl (C=O) groups is 2. The molecule has 0 aliphatic carbocycles. The zero-order valence-electron chi connectivity index (χ0n) is 31.5. The predicted octanol–water partition coefficient (Wildman–Crippen LogP) is 7.57. The quantitative estimate of drug-likeness (QED) is 0.0923. The number of imidazole rings is 1. The van der Waals surface area contributed by atoms with Gasteiger partial charge < -0.3 is 29.0 Å². The maximum atomic E-state index is 17.1. The van der Waals surface area contributed by atoms with Gasteiger partial charge in [-0.3, -0.25) is 9.36 Å². The van der Waals surface area contributed by atoms with Crippen LogP contribution in [-0.2, 0) is 19.8 Å². The predicted molar refractivity (Wildman–Crippen MR) is 212 cm³/mol. The molecule has 1 aliphatic rings. The molecule has 1 saturated heterocycles. The number of nitrogens with one attached hydrogen (secondary N) is 1. The van der Waals surface area contributed by atoms with Crippen LogP contribution in [0.3, 0.4) is 0 Å². The summed E-state index contributed by atoms with van der Waals surface area (Å²) in [5.41, 5.74) is 2.05. The lowest BCUT2D eigenvalue weighted by atomic mass is 9.80. The molecule has 1 amide bonds. The van der Waals surface area contributed by atoms with E-state index < -0.39 is 42.1 Å². The van der Waals surface area contributed by atoms with Crippen LogP contribution < -0.4 is 14.8 Å².